The molecule has 0 saturated heterocycles. The van der Waals surface area contributed by atoms with Crippen LogP contribution in [0, 0.1) is 0 Å². The van der Waals surface area contributed by atoms with E-state index in [4.69, 9.17) is 4.42 Å². The Bertz CT molecular complexity index is 667. The average Bonchev–Trinajstić information content (AvgIpc) is 2.40. The summed E-state index contributed by atoms with van der Waals surface area (Å²) >= 11 is 0. The normalized spacial score (nSPS) is 14.5. The predicted molar refractivity (Wildman–Crippen MR) is 68.1 cm³/mol. The second kappa shape index (κ2) is 3.94. The van der Waals surface area contributed by atoms with Gasteiger partial charge in [-0.15, -0.1) is 0 Å². The second-order valence-electron chi connectivity index (χ2n) is 3.87. The molecule has 0 atom stereocenters. The molecule has 84 valence electrons. The summed E-state index contributed by atoms with van der Waals surface area (Å²) in [6.45, 7) is 0.720. The topological polar surface area (TPSA) is 33.5 Å². The van der Waals surface area contributed by atoms with Gasteiger partial charge in [0, 0.05) is 18.8 Å². The molecule has 0 N–H and O–H groups in total. The van der Waals surface area contributed by atoms with Crippen LogP contribution in [0.2, 0.25) is 0 Å². The highest BCUT2D eigenvalue weighted by molar-refractivity contribution is 5.77. The maximum absolute atomic E-state index is 11.9. The van der Waals surface area contributed by atoms with Crippen molar-refractivity contribution in [2.24, 2.45) is 0 Å². The number of hydrogen-bond acceptors (Lipinski definition) is 3. The fraction of sp³-hybridized carbons (Fsp3) is 0.0714. The Kier molecular flexibility index (Phi) is 2.29. The SMILES string of the molecule is O=c1cc(N2C=CC=CC2)oc2ccccc12. The van der Waals surface area contributed by atoms with Gasteiger partial charge in [0.05, 0.1) is 5.39 Å². The van der Waals surface area contributed by atoms with Gasteiger partial charge in [0.25, 0.3) is 0 Å². The molecule has 2 aromatic rings. The Morgan fingerprint density at radius 1 is 1.18 bits per heavy atom. The smallest absolute Gasteiger partial charge is 0.204 e. The molecule has 0 amide bonds. The van der Waals surface area contributed by atoms with Gasteiger partial charge in [-0.05, 0) is 18.2 Å². The Hall–Kier alpha value is -2.29. The fourth-order valence-corrected chi connectivity index (χ4v) is 1.86. The van der Waals surface area contributed by atoms with Crippen molar-refractivity contribution >= 4 is 16.9 Å². The van der Waals surface area contributed by atoms with Gasteiger partial charge in [-0.2, -0.15) is 0 Å². The number of rotatable bonds is 1. The molecular formula is C14H11NO2. The minimum absolute atomic E-state index is 0.00944. The van der Waals surface area contributed by atoms with E-state index in [9.17, 15) is 4.79 Å². The largest absolute Gasteiger partial charge is 0.440 e. The lowest BCUT2D eigenvalue weighted by atomic mass is 10.2. The van der Waals surface area contributed by atoms with Crippen LogP contribution in [-0.2, 0) is 0 Å². The summed E-state index contributed by atoms with van der Waals surface area (Å²) in [5.41, 5.74) is 0.614. The monoisotopic (exact) mass is 225 g/mol. The number of fused-ring (bicyclic) bond motifs is 1. The van der Waals surface area contributed by atoms with Crippen LogP contribution in [0.5, 0.6) is 0 Å². The molecule has 2 heterocycles. The van der Waals surface area contributed by atoms with E-state index in [2.05, 4.69) is 0 Å². The van der Waals surface area contributed by atoms with Crippen molar-refractivity contribution in [1.29, 1.82) is 0 Å². The number of nitrogens with zero attached hydrogens (tertiary/aromatic N) is 1. The summed E-state index contributed by atoms with van der Waals surface area (Å²) in [6, 6.07) is 8.82. The first-order valence-corrected chi connectivity index (χ1v) is 5.47. The van der Waals surface area contributed by atoms with Crippen molar-refractivity contribution in [3.05, 3.63) is 65.0 Å². The van der Waals surface area contributed by atoms with Crippen LogP contribution >= 0.6 is 0 Å². The molecule has 3 nitrogen and oxygen atoms in total. The molecule has 0 fully saturated rings. The summed E-state index contributed by atoms with van der Waals surface area (Å²) in [7, 11) is 0. The van der Waals surface area contributed by atoms with Gasteiger partial charge >= 0.3 is 0 Å². The van der Waals surface area contributed by atoms with Crippen LogP contribution in [-0.4, -0.2) is 6.54 Å². The van der Waals surface area contributed by atoms with E-state index in [-0.39, 0.29) is 5.43 Å². The molecule has 0 radical (unpaired) electrons. The van der Waals surface area contributed by atoms with Gasteiger partial charge in [0.2, 0.25) is 5.88 Å². The summed E-state index contributed by atoms with van der Waals surface area (Å²) in [5, 5.41) is 0.618. The second-order valence-corrected chi connectivity index (χ2v) is 3.87. The minimum Gasteiger partial charge on any atom is -0.440 e. The zero-order chi connectivity index (χ0) is 11.7. The van der Waals surface area contributed by atoms with Crippen LogP contribution in [0.1, 0.15) is 0 Å². The lowest BCUT2D eigenvalue weighted by molar-refractivity contribution is 0.597. The highest BCUT2D eigenvalue weighted by Crippen LogP contribution is 2.20. The number of hydrogen-bond donors (Lipinski definition) is 0. The third-order valence-electron chi connectivity index (χ3n) is 2.72. The molecule has 3 heteroatoms. The molecule has 1 aliphatic heterocycles. The minimum atomic E-state index is -0.00944. The standard InChI is InChI=1S/C14H11NO2/c16-12-10-14(15-8-4-1-5-9-15)17-13-7-3-2-6-11(12)13/h1-8,10H,9H2. The highest BCUT2D eigenvalue weighted by Gasteiger charge is 2.09. The first kappa shape index (κ1) is 9.90. The number of allylic oxidation sites excluding steroid dienone is 2. The van der Waals surface area contributed by atoms with E-state index in [0.717, 1.165) is 6.54 Å². The van der Waals surface area contributed by atoms with Gasteiger partial charge in [-0.1, -0.05) is 24.3 Å². The van der Waals surface area contributed by atoms with E-state index < -0.39 is 0 Å². The molecule has 0 saturated carbocycles. The molecule has 0 unspecified atom stereocenters. The van der Waals surface area contributed by atoms with Gasteiger partial charge in [0.15, 0.2) is 5.43 Å². The van der Waals surface area contributed by atoms with Crippen LogP contribution in [0.15, 0.2) is 64.0 Å². The number of benzene rings is 1. The Labute approximate surface area is 98.3 Å². The summed E-state index contributed by atoms with van der Waals surface area (Å²) in [5.74, 6) is 0.578. The Morgan fingerprint density at radius 3 is 2.88 bits per heavy atom. The van der Waals surface area contributed by atoms with Crippen LogP contribution in [0.3, 0.4) is 0 Å². The third-order valence-corrected chi connectivity index (χ3v) is 2.72. The first-order valence-electron chi connectivity index (χ1n) is 5.47. The summed E-state index contributed by atoms with van der Waals surface area (Å²) in [4.78, 5) is 13.8. The Morgan fingerprint density at radius 2 is 2.06 bits per heavy atom. The maximum Gasteiger partial charge on any atom is 0.204 e. The van der Waals surface area contributed by atoms with Gasteiger partial charge in [-0.25, -0.2) is 0 Å². The van der Waals surface area contributed by atoms with Crippen LogP contribution < -0.4 is 10.3 Å². The zero-order valence-corrected chi connectivity index (χ0v) is 9.17. The van der Waals surface area contributed by atoms with Crippen molar-refractivity contribution in [3.63, 3.8) is 0 Å². The molecule has 1 aliphatic rings. The fourth-order valence-electron chi connectivity index (χ4n) is 1.86. The quantitative estimate of drug-likeness (QED) is 0.748. The van der Waals surface area contributed by atoms with Crippen LogP contribution in [0.4, 0.5) is 5.88 Å². The molecule has 0 spiro atoms. The van der Waals surface area contributed by atoms with Crippen LogP contribution in [0.25, 0.3) is 11.0 Å². The molecule has 1 aromatic heterocycles. The van der Waals surface area contributed by atoms with E-state index >= 15 is 0 Å². The van der Waals surface area contributed by atoms with Crippen molar-refractivity contribution < 1.29 is 4.42 Å². The predicted octanol–water partition coefficient (Wildman–Crippen LogP) is 2.68. The van der Waals surface area contributed by atoms with Crippen molar-refractivity contribution in [3.8, 4) is 0 Å². The Balaban J connectivity index is 2.15. The van der Waals surface area contributed by atoms with Crippen molar-refractivity contribution in [1.82, 2.24) is 0 Å². The zero-order valence-electron chi connectivity index (χ0n) is 9.17. The summed E-state index contributed by atoms with van der Waals surface area (Å²) < 4.78 is 5.72. The molecule has 3 rings (SSSR count). The number of anilines is 1. The lowest BCUT2D eigenvalue weighted by Gasteiger charge is -2.18. The van der Waals surface area contributed by atoms with Gasteiger partial charge < -0.3 is 9.32 Å². The van der Waals surface area contributed by atoms with E-state index in [1.165, 1.54) is 6.07 Å². The molecular weight excluding hydrogens is 214 g/mol. The average molecular weight is 225 g/mol. The van der Waals surface area contributed by atoms with Gasteiger partial charge in [-0.3, -0.25) is 4.79 Å². The van der Waals surface area contributed by atoms with Crippen molar-refractivity contribution in [2.45, 2.75) is 0 Å². The van der Waals surface area contributed by atoms with E-state index in [1.807, 2.05) is 47.5 Å². The summed E-state index contributed by atoms with van der Waals surface area (Å²) in [6.07, 6.45) is 7.79. The molecule has 0 bridgehead atoms. The third kappa shape index (κ3) is 1.76. The maximum atomic E-state index is 11.9. The van der Waals surface area contributed by atoms with Crippen molar-refractivity contribution in [2.75, 3.05) is 11.4 Å². The lowest BCUT2D eigenvalue weighted by Crippen LogP contribution is -2.19. The molecule has 17 heavy (non-hydrogen) atoms. The van der Waals surface area contributed by atoms with E-state index in [1.54, 1.807) is 6.07 Å². The number of para-hydroxylation sites is 1. The molecule has 0 aliphatic carbocycles. The van der Waals surface area contributed by atoms with E-state index in [0.29, 0.717) is 16.9 Å². The highest BCUT2D eigenvalue weighted by atomic mass is 16.4. The molecule has 1 aromatic carbocycles. The first-order chi connectivity index (χ1) is 8.34. The van der Waals surface area contributed by atoms with Gasteiger partial charge in [0.1, 0.15) is 5.58 Å².